The van der Waals surface area contributed by atoms with Gasteiger partial charge in [-0.15, -0.1) is 0 Å². The maximum Gasteiger partial charge on any atom is 0.337 e. The van der Waals surface area contributed by atoms with Gasteiger partial charge in [-0.1, -0.05) is 30.3 Å². The van der Waals surface area contributed by atoms with E-state index >= 15 is 0 Å². The van der Waals surface area contributed by atoms with Crippen LogP contribution in [0, 0.1) is 16.0 Å². The average Bonchev–Trinajstić information content (AvgIpc) is 2.61. The van der Waals surface area contributed by atoms with Crippen LogP contribution < -0.4 is 4.90 Å². The summed E-state index contributed by atoms with van der Waals surface area (Å²) in [6.07, 6.45) is 2.20. The van der Waals surface area contributed by atoms with Crippen LogP contribution in [0.25, 0.3) is 11.3 Å². The van der Waals surface area contributed by atoms with Crippen molar-refractivity contribution >= 4 is 17.5 Å². The second kappa shape index (κ2) is 6.61. The first-order chi connectivity index (χ1) is 11.6. The molecule has 0 unspecified atom stereocenters. The predicted octanol–water partition coefficient (Wildman–Crippen LogP) is 2.35. The Morgan fingerprint density at radius 3 is 2.46 bits per heavy atom. The van der Waals surface area contributed by atoms with Gasteiger partial charge >= 0.3 is 11.7 Å². The molecular formula is C16H16N4O4. The van der Waals surface area contributed by atoms with E-state index in [1.165, 1.54) is 6.33 Å². The van der Waals surface area contributed by atoms with Gasteiger partial charge in [-0.25, -0.2) is 9.97 Å². The summed E-state index contributed by atoms with van der Waals surface area (Å²) in [7, 11) is 0. The van der Waals surface area contributed by atoms with E-state index in [1.54, 1.807) is 29.2 Å². The van der Waals surface area contributed by atoms with Crippen molar-refractivity contribution in [1.29, 1.82) is 0 Å². The highest BCUT2D eigenvalue weighted by atomic mass is 16.6. The first kappa shape index (κ1) is 15.9. The number of carbonyl (C=O) groups is 1. The van der Waals surface area contributed by atoms with Crippen molar-refractivity contribution in [3.05, 3.63) is 46.8 Å². The lowest BCUT2D eigenvalue weighted by Crippen LogP contribution is -2.37. The SMILES string of the molecule is O=C(O)C1CCN(c2ncnc(-c3ccccc3)c2[N+](=O)[O-])CC1. The lowest BCUT2D eigenvalue weighted by Gasteiger charge is -2.30. The topological polar surface area (TPSA) is 109 Å². The van der Waals surface area contributed by atoms with Crippen molar-refractivity contribution in [2.75, 3.05) is 18.0 Å². The summed E-state index contributed by atoms with van der Waals surface area (Å²) in [5.41, 5.74) is 0.775. The number of nitrogens with zero attached hydrogens (tertiary/aromatic N) is 4. The minimum Gasteiger partial charge on any atom is -0.481 e. The number of rotatable bonds is 4. The summed E-state index contributed by atoms with van der Waals surface area (Å²) in [6, 6.07) is 8.93. The summed E-state index contributed by atoms with van der Waals surface area (Å²) < 4.78 is 0. The molecular weight excluding hydrogens is 312 g/mol. The van der Waals surface area contributed by atoms with Crippen molar-refractivity contribution in [3.63, 3.8) is 0 Å². The molecule has 1 saturated heterocycles. The smallest absolute Gasteiger partial charge is 0.337 e. The molecule has 8 nitrogen and oxygen atoms in total. The number of nitro groups is 1. The molecule has 0 spiro atoms. The quantitative estimate of drug-likeness (QED) is 0.677. The predicted molar refractivity (Wildman–Crippen MR) is 86.7 cm³/mol. The number of aromatic nitrogens is 2. The molecule has 8 heteroatoms. The molecule has 0 saturated carbocycles. The Morgan fingerprint density at radius 1 is 1.21 bits per heavy atom. The van der Waals surface area contributed by atoms with Gasteiger partial charge < -0.3 is 10.0 Å². The summed E-state index contributed by atoms with van der Waals surface area (Å²) in [5.74, 6) is -0.981. The van der Waals surface area contributed by atoms with Crippen molar-refractivity contribution < 1.29 is 14.8 Å². The Morgan fingerprint density at radius 2 is 1.88 bits per heavy atom. The monoisotopic (exact) mass is 328 g/mol. The van der Waals surface area contributed by atoms with Crippen molar-refractivity contribution in [2.45, 2.75) is 12.8 Å². The Bertz CT molecular complexity index is 758. The standard InChI is InChI=1S/C16H16N4O4/c21-16(22)12-6-8-19(9-7-12)15-14(20(23)24)13(17-10-18-15)11-4-2-1-3-5-11/h1-5,10,12H,6-9H2,(H,21,22). The third kappa shape index (κ3) is 3.03. The van der Waals surface area contributed by atoms with E-state index < -0.39 is 16.8 Å². The van der Waals surface area contributed by atoms with Gasteiger partial charge in [0.15, 0.2) is 5.69 Å². The first-order valence-corrected chi connectivity index (χ1v) is 7.60. The summed E-state index contributed by atoms with van der Waals surface area (Å²) in [6.45, 7) is 0.839. The van der Waals surface area contributed by atoms with Gasteiger partial charge in [-0.05, 0) is 12.8 Å². The number of benzene rings is 1. The van der Waals surface area contributed by atoms with Gasteiger partial charge in [-0.3, -0.25) is 14.9 Å². The molecule has 2 aromatic rings. The molecule has 1 aliphatic heterocycles. The fourth-order valence-electron chi connectivity index (χ4n) is 2.91. The lowest BCUT2D eigenvalue weighted by atomic mass is 9.97. The van der Waals surface area contributed by atoms with Crippen LogP contribution in [0.1, 0.15) is 12.8 Å². The Kier molecular flexibility index (Phi) is 4.37. The molecule has 1 fully saturated rings. The molecule has 0 bridgehead atoms. The van der Waals surface area contributed by atoms with E-state index in [-0.39, 0.29) is 17.2 Å². The van der Waals surface area contributed by atoms with E-state index in [2.05, 4.69) is 9.97 Å². The summed E-state index contributed by atoms with van der Waals surface area (Å²) in [5, 5.41) is 20.7. The van der Waals surface area contributed by atoms with Crippen molar-refractivity contribution in [2.24, 2.45) is 5.92 Å². The number of piperidine rings is 1. The minimum atomic E-state index is -0.822. The molecule has 0 aliphatic carbocycles. The number of hydrogen-bond donors (Lipinski definition) is 1. The zero-order valence-electron chi connectivity index (χ0n) is 12.8. The van der Waals surface area contributed by atoms with E-state index in [0.29, 0.717) is 31.5 Å². The Labute approximate surface area is 137 Å². The van der Waals surface area contributed by atoms with Crippen molar-refractivity contribution in [3.8, 4) is 11.3 Å². The maximum atomic E-state index is 11.6. The van der Waals surface area contributed by atoms with Crippen LogP contribution in [0.5, 0.6) is 0 Å². The van der Waals surface area contributed by atoms with Crippen molar-refractivity contribution in [1.82, 2.24) is 9.97 Å². The maximum absolute atomic E-state index is 11.6. The molecule has 0 amide bonds. The van der Waals surface area contributed by atoms with Crippen LogP contribution in [0.2, 0.25) is 0 Å². The molecule has 3 rings (SSSR count). The fraction of sp³-hybridized carbons (Fsp3) is 0.312. The number of aliphatic carboxylic acids is 1. The van der Waals surface area contributed by atoms with Crippen LogP contribution in [0.3, 0.4) is 0 Å². The zero-order valence-corrected chi connectivity index (χ0v) is 12.8. The van der Waals surface area contributed by atoms with Gasteiger partial charge in [-0.2, -0.15) is 0 Å². The number of carboxylic acids is 1. The average molecular weight is 328 g/mol. The van der Waals surface area contributed by atoms with Crippen LogP contribution in [-0.4, -0.2) is 39.1 Å². The van der Waals surface area contributed by atoms with Gasteiger partial charge in [0, 0.05) is 18.7 Å². The van der Waals surface area contributed by atoms with Crippen LogP contribution in [0.4, 0.5) is 11.5 Å². The Hall–Kier alpha value is -3.03. The molecule has 1 aliphatic rings. The molecule has 24 heavy (non-hydrogen) atoms. The first-order valence-electron chi connectivity index (χ1n) is 7.60. The molecule has 124 valence electrons. The number of hydrogen-bond acceptors (Lipinski definition) is 6. The van der Waals surface area contributed by atoms with Gasteiger partial charge in [0.2, 0.25) is 5.82 Å². The zero-order chi connectivity index (χ0) is 17.1. The van der Waals surface area contributed by atoms with Gasteiger partial charge in [0.1, 0.15) is 6.33 Å². The molecule has 1 N–H and O–H groups in total. The number of anilines is 1. The van der Waals surface area contributed by atoms with Gasteiger partial charge in [0.25, 0.3) is 0 Å². The van der Waals surface area contributed by atoms with Crippen LogP contribution in [0.15, 0.2) is 36.7 Å². The molecule has 0 atom stereocenters. The highest BCUT2D eigenvalue weighted by molar-refractivity contribution is 5.77. The molecule has 1 aromatic carbocycles. The van der Waals surface area contributed by atoms with E-state index in [9.17, 15) is 14.9 Å². The largest absolute Gasteiger partial charge is 0.481 e. The highest BCUT2D eigenvalue weighted by Crippen LogP contribution is 2.36. The van der Waals surface area contributed by atoms with E-state index in [4.69, 9.17) is 5.11 Å². The van der Waals surface area contributed by atoms with Crippen LogP contribution in [-0.2, 0) is 4.79 Å². The second-order valence-corrected chi connectivity index (χ2v) is 5.62. The summed E-state index contributed by atoms with van der Waals surface area (Å²) in [4.78, 5) is 32.2. The number of carboxylic acid groups (broad SMARTS) is 1. The minimum absolute atomic E-state index is 0.141. The summed E-state index contributed by atoms with van der Waals surface area (Å²) >= 11 is 0. The lowest BCUT2D eigenvalue weighted by molar-refractivity contribution is -0.383. The van der Waals surface area contributed by atoms with Crippen LogP contribution >= 0.6 is 0 Å². The van der Waals surface area contributed by atoms with Gasteiger partial charge in [0.05, 0.1) is 10.8 Å². The Balaban J connectivity index is 1.97. The normalized spacial score (nSPS) is 15.2. The highest BCUT2D eigenvalue weighted by Gasteiger charge is 2.31. The van der Waals surface area contributed by atoms with E-state index in [0.717, 1.165) is 0 Å². The molecule has 0 radical (unpaired) electrons. The molecule has 2 heterocycles. The van der Waals surface area contributed by atoms with E-state index in [1.807, 2.05) is 6.07 Å². The second-order valence-electron chi connectivity index (χ2n) is 5.62. The molecule has 1 aromatic heterocycles. The fourth-order valence-corrected chi connectivity index (χ4v) is 2.91. The third-order valence-corrected chi connectivity index (χ3v) is 4.18. The third-order valence-electron chi connectivity index (χ3n) is 4.18.